The molecule has 8 nitrogen and oxygen atoms in total. The molecule has 0 aliphatic carbocycles. The van der Waals surface area contributed by atoms with Gasteiger partial charge in [0.1, 0.15) is 12.2 Å². The molecule has 0 saturated carbocycles. The van der Waals surface area contributed by atoms with Crippen molar-refractivity contribution in [2.45, 2.75) is 26.5 Å². The van der Waals surface area contributed by atoms with Gasteiger partial charge in [0.2, 0.25) is 5.76 Å². The Kier molecular flexibility index (Phi) is 7.66. The summed E-state index contributed by atoms with van der Waals surface area (Å²) in [7, 11) is 0. The molecule has 1 aliphatic heterocycles. The zero-order valence-electron chi connectivity index (χ0n) is 23.7. The summed E-state index contributed by atoms with van der Waals surface area (Å²) in [6.07, 6.45) is 0. The third-order valence-electron chi connectivity index (χ3n) is 7.25. The van der Waals surface area contributed by atoms with E-state index in [4.69, 9.17) is 18.6 Å². The summed E-state index contributed by atoms with van der Waals surface area (Å²) in [5, 5.41) is 0.381. The van der Waals surface area contributed by atoms with Crippen molar-refractivity contribution in [3.63, 3.8) is 0 Å². The number of rotatable bonds is 9. The van der Waals surface area contributed by atoms with Crippen molar-refractivity contribution in [2.75, 3.05) is 18.1 Å². The van der Waals surface area contributed by atoms with Crippen molar-refractivity contribution >= 4 is 28.5 Å². The van der Waals surface area contributed by atoms with E-state index >= 15 is 0 Å². The molecule has 1 aromatic heterocycles. The van der Waals surface area contributed by atoms with E-state index in [1.165, 1.54) is 4.90 Å². The number of carbonyl (C=O) groups excluding carboxylic acids is 2. The molecular formula is C35H29NO7. The number of benzene rings is 4. The molecule has 1 unspecified atom stereocenters. The predicted octanol–water partition coefficient (Wildman–Crippen LogP) is 6.70. The van der Waals surface area contributed by atoms with E-state index in [2.05, 4.69) is 0 Å². The first-order valence-corrected chi connectivity index (χ1v) is 14.1. The molecule has 5 aromatic rings. The van der Waals surface area contributed by atoms with E-state index in [0.717, 1.165) is 5.56 Å². The van der Waals surface area contributed by atoms with E-state index in [1.807, 2.05) is 43.3 Å². The highest BCUT2D eigenvalue weighted by molar-refractivity contribution is 6.10. The molecule has 0 spiro atoms. The van der Waals surface area contributed by atoms with Gasteiger partial charge in [-0.3, -0.25) is 14.5 Å². The summed E-state index contributed by atoms with van der Waals surface area (Å²) in [5.41, 5.74) is 2.76. The van der Waals surface area contributed by atoms with Crippen LogP contribution in [0, 0.1) is 0 Å². The number of nitrogens with zero attached hydrogens (tertiary/aromatic N) is 1. The second-order valence-corrected chi connectivity index (χ2v) is 9.93. The number of amides is 1. The lowest BCUT2D eigenvalue weighted by Gasteiger charge is -2.26. The number of carbonyl (C=O) groups is 2. The molecule has 1 aliphatic rings. The van der Waals surface area contributed by atoms with Crippen LogP contribution in [0.4, 0.5) is 5.69 Å². The Hall–Kier alpha value is -5.37. The molecule has 6 rings (SSSR count). The summed E-state index contributed by atoms with van der Waals surface area (Å²) in [6.45, 7) is 4.59. The van der Waals surface area contributed by atoms with E-state index in [-0.39, 0.29) is 23.4 Å². The Balaban J connectivity index is 1.46. The van der Waals surface area contributed by atoms with Crippen LogP contribution >= 0.6 is 0 Å². The van der Waals surface area contributed by atoms with Crippen molar-refractivity contribution in [3.05, 3.63) is 135 Å². The van der Waals surface area contributed by atoms with Crippen molar-refractivity contribution in [1.29, 1.82) is 0 Å². The van der Waals surface area contributed by atoms with Crippen molar-refractivity contribution in [2.24, 2.45) is 0 Å². The lowest BCUT2D eigenvalue weighted by molar-refractivity contribution is 0.0526. The second-order valence-electron chi connectivity index (χ2n) is 9.93. The van der Waals surface area contributed by atoms with E-state index in [1.54, 1.807) is 67.6 Å². The molecule has 0 N–H and O–H groups in total. The first-order chi connectivity index (χ1) is 21.0. The Morgan fingerprint density at radius 3 is 2.30 bits per heavy atom. The third-order valence-corrected chi connectivity index (χ3v) is 7.25. The highest BCUT2D eigenvalue weighted by Crippen LogP contribution is 2.43. The van der Waals surface area contributed by atoms with Crippen LogP contribution in [0.25, 0.3) is 11.0 Å². The van der Waals surface area contributed by atoms with Crippen LogP contribution in [0.1, 0.15) is 57.5 Å². The lowest BCUT2D eigenvalue weighted by atomic mass is 9.97. The minimum Gasteiger partial charge on any atom is -0.490 e. The Morgan fingerprint density at radius 1 is 0.814 bits per heavy atom. The highest BCUT2D eigenvalue weighted by atomic mass is 16.5. The summed E-state index contributed by atoms with van der Waals surface area (Å²) in [4.78, 5) is 41.7. The van der Waals surface area contributed by atoms with Crippen LogP contribution in [0.2, 0.25) is 0 Å². The van der Waals surface area contributed by atoms with Gasteiger partial charge in [0, 0.05) is 5.69 Å². The van der Waals surface area contributed by atoms with Gasteiger partial charge in [0.15, 0.2) is 16.9 Å². The number of fused-ring (bicyclic) bond motifs is 2. The van der Waals surface area contributed by atoms with Crippen LogP contribution in [0.3, 0.4) is 0 Å². The van der Waals surface area contributed by atoms with E-state index in [9.17, 15) is 14.4 Å². The first-order valence-electron chi connectivity index (χ1n) is 14.1. The average Bonchev–Trinajstić information content (AvgIpc) is 3.33. The maximum absolute atomic E-state index is 14.0. The Morgan fingerprint density at radius 2 is 1.56 bits per heavy atom. The molecule has 2 heterocycles. The van der Waals surface area contributed by atoms with Crippen molar-refractivity contribution in [1.82, 2.24) is 0 Å². The quantitative estimate of drug-likeness (QED) is 0.181. The Bertz CT molecular complexity index is 1860. The van der Waals surface area contributed by atoms with Crippen LogP contribution in [-0.2, 0) is 11.3 Å². The predicted molar refractivity (Wildman–Crippen MR) is 162 cm³/mol. The van der Waals surface area contributed by atoms with Crippen molar-refractivity contribution in [3.8, 4) is 11.5 Å². The van der Waals surface area contributed by atoms with E-state index < -0.39 is 17.9 Å². The van der Waals surface area contributed by atoms with Crippen LogP contribution in [0.5, 0.6) is 11.5 Å². The number of ether oxygens (including phenoxy) is 3. The van der Waals surface area contributed by atoms with Gasteiger partial charge < -0.3 is 18.6 Å². The van der Waals surface area contributed by atoms with Gasteiger partial charge in [-0.25, -0.2) is 4.79 Å². The van der Waals surface area contributed by atoms with Gasteiger partial charge in [-0.15, -0.1) is 0 Å². The molecule has 1 atom stereocenters. The highest BCUT2D eigenvalue weighted by Gasteiger charge is 2.44. The van der Waals surface area contributed by atoms with Crippen LogP contribution in [0.15, 0.2) is 106 Å². The fraction of sp³-hybridized carbons (Fsp3) is 0.171. The number of anilines is 1. The largest absolute Gasteiger partial charge is 0.490 e. The van der Waals surface area contributed by atoms with Crippen molar-refractivity contribution < 1.29 is 28.2 Å². The maximum Gasteiger partial charge on any atom is 0.338 e. The topological polar surface area (TPSA) is 95.3 Å². The van der Waals surface area contributed by atoms with E-state index in [0.29, 0.717) is 52.5 Å². The second kappa shape index (κ2) is 11.9. The maximum atomic E-state index is 14.0. The smallest absolute Gasteiger partial charge is 0.338 e. The first kappa shape index (κ1) is 27.8. The molecule has 0 fully saturated rings. The van der Waals surface area contributed by atoms with Gasteiger partial charge >= 0.3 is 5.97 Å². The molecule has 1 amide bonds. The zero-order chi connectivity index (χ0) is 29.9. The SMILES string of the molecule is CCOC(=O)c1ccc(N2C(=O)c3oc4ccccc4c(=O)c3C2c2ccc(OCc3ccccc3)c(OCC)c2)cc1. The third kappa shape index (κ3) is 5.23. The molecule has 8 heteroatoms. The minimum atomic E-state index is -0.820. The number of hydrogen-bond donors (Lipinski definition) is 0. The van der Waals surface area contributed by atoms with Gasteiger partial charge in [0.05, 0.1) is 35.8 Å². The number of esters is 1. The minimum absolute atomic E-state index is 0.0227. The summed E-state index contributed by atoms with van der Waals surface area (Å²) in [5.74, 6) is 0.0753. The summed E-state index contributed by atoms with van der Waals surface area (Å²) < 4.78 is 23.2. The Labute approximate surface area is 248 Å². The molecule has 0 saturated heterocycles. The number of para-hydroxylation sites is 1. The van der Waals surface area contributed by atoms with Gasteiger partial charge in [-0.2, -0.15) is 0 Å². The van der Waals surface area contributed by atoms with Gasteiger partial charge in [-0.05, 0) is 73.5 Å². The monoisotopic (exact) mass is 575 g/mol. The molecular weight excluding hydrogens is 546 g/mol. The summed E-state index contributed by atoms with van der Waals surface area (Å²) in [6, 6.07) is 27.8. The van der Waals surface area contributed by atoms with Gasteiger partial charge in [0.25, 0.3) is 5.91 Å². The molecule has 43 heavy (non-hydrogen) atoms. The fourth-order valence-corrected chi connectivity index (χ4v) is 5.29. The lowest BCUT2D eigenvalue weighted by Crippen LogP contribution is -2.29. The fourth-order valence-electron chi connectivity index (χ4n) is 5.29. The molecule has 0 bridgehead atoms. The average molecular weight is 576 g/mol. The van der Waals surface area contributed by atoms with Gasteiger partial charge in [-0.1, -0.05) is 48.5 Å². The summed E-state index contributed by atoms with van der Waals surface area (Å²) >= 11 is 0. The van der Waals surface area contributed by atoms with Crippen LogP contribution < -0.4 is 19.8 Å². The number of hydrogen-bond acceptors (Lipinski definition) is 7. The molecule has 4 aromatic carbocycles. The zero-order valence-corrected chi connectivity index (χ0v) is 23.7. The molecule has 0 radical (unpaired) electrons. The molecule has 216 valence electrons. The van der Waals surface area contributed by atoms with Crippen LogP contribution in [-0.4, -0.2) is 25.1 Å². The normalized spacial score (nSPS) is 14.0. The standard InChI is InChI=1S/C35H29NO7/c1-3-40-29-20-24(16-19-28(29)42-21-22-10-6-5-7-11-22)31-30-32(37)26-12-8-9-13-27(26)43-33(30)34(38)36(31)25-17-14-23(15-18-25)35(39)41-4-2/h5-20,31H,3-4,21H2,1-2H3.